The molecule has 2 bridgehead atoms. The minimum absolute atomic E-state index is 0.250. The van der Waals surface area contributed by atoms with Crippen molar-refractivity contribution in [3.8, 4) is 0 Å². The molecule has 0 aromatic carbocycles. The quantitative estimate of drug-likeness (QED) is 0.210. The van der Waals surface area contributed by atoms with E-state index in [-0.39, 0.29) is 6.47 Å². The molecule has 9 nitrogen and oxygen atoms in total. The summed E-state index contributed by atoms with van der Waals surface area (Å²) in [6.07, 6.45) is 2.84. The molecule has 0 aromatic rings. The first-order valence-electron chi connectivity index (χ1n) is 11.0. The van der Waals surface area contributed by atoms with Crippen LogP contribution in [0.1, 0.15) is 40.0 Å². The maximum Gasteiger partial charge on any atom is 0.290 e. The number of likely N-dealkylation sites (tertiary alicyclic amines) is 1. The Morgan fingerprint density at radius 1 is 1.22 bits per heavy atom. The third kappa shape index (κ3) is 7.85. The van der Waals surface area contributed by atoms with Crippen LogP contribution in [0.4, 0.5) is 0 Å². The van der Waals surface area contributed by atoms with E-state index < -0.39 is 52.0 Å². The molecule has 8 atom stereocenters. The first-order valence-corrected chi connectivity index (χ1v) is 13.2. The normalized spacial score (nSPS) is 38.3. The minimum Gasteiger partial charge on any atom is -0.598 e. The van der Waals surface area contributed by atoms with Crippen LogP contribution < -0.4 is 4.72 Å². The van der Waals surface area contributed by atoms with E-state index in [0.717, 1.165) is 25.4 Å². The second-order valence-electron chi connectivity index (χ2n) is 9.42. The zero-order valence-corrected chi connectivity index (χ0v) is 20.6. The molecule has 186 valence electrons. The van der Waals surface area contributed by atoms with Gasteiger partial charge in [0, 0.05) is 23.7 Å². The average molecular weight is 495 g/mol. The lowest BCUT2D eigenvalue weighted by Gasteiger charge is -2.44. The van der Waals surface area contributed by atoms with Crippen molar-refractivity contribution in [2.75, 3.05) is 25.4 Å². The van der Waals surface area contributed by atoms with Gasteiger partial charge in [-0.15, -0.1) is 16.5 Å². The number of fused-ring (bicyclic) bond motifs is 2. The Hall–Kier alpha value is -0.370. The first kappa shape index (κ1) is 27.9. The van der Waals surface area contributed by atoms with Crippen LogP contribution in [0.5, 0.6) is 0 Å². The van der Waals surface area contributed by atoms with E-state index in [4.69, 9.17) is 14.6 Å². The molecule has 2 saturated heterocycles. The number of thioether (sulfide) groups is 1. The van der Waals surface area contributed by atoms with Crippen LogP contribution in [0, 0.1) is 5.92 Å². The number of nitrogens with zero attached hydrogens (tertiary/aromatic N) is 1. The molecular formula is C21H38N2O7S2. The molecule has 3 aliphatic heterocycles. The monoisotopic (exact) mass is 494 g/mol. The molecular weight excluding hydrogens is 456 g/mol. The van der Waals surface area contributed by atoms with Crippen LogP contribution in [-0.2, 0) is 20.9 Å². The molecule has 0 unspecified atom stereocenters. The van der Waals surface area contributed by atoms with Gasteiger partial charge in [0.2, 0.25) is 0 Å². The van der Waals surface area contributed by atoms with Crippen molar-refractivity contribution >= 4 is 29.6 Å². The number of hydrogen-bond donors (Lipinski definition) is 5. The van der Waals surface area contributed by atoms with Crippen LogP contribution in [0.15, 0.2) is 12.2 Å². The summed E-state index contributed by atoms with van der Waals surface area (Å²) in [6.45, 7) is 8.61. The zero-order valence-electron chi connectivity index (χ0n) is 19.0. The topological polar surface area (TPSA) is 146 Å². The maximum atomic E-state index is 12.7. The summed E-state index contributed by atoms with van der Waals surface area (Å²) in [6, 6.07) is -0.433. The Morgan fingerprint density at radius 3 is 2.44 bits per heavy atom. The summed E-state index contributed by atoms with van der Waals surface area (Å²) >= 11 is 0.133. The highest BCUT2D eigenvalue weighted by molar-refractivity contribution is 7.99. The third-order valence-electron chi connectivity index (χ3n) is 5.78. The van der Waals surface area contributed by atoms with E-state index >= 15 is 0 Å². The summed E-state index contributed by atoms with van der Waals surface area (Å²) in [5, 5.41) is 38.3. The van der Waals surface area contributed by atoms with Crippen molar-refractivity contribution in [2.24, 2.45) is 5.92 Å². The number of carboxylic acid groups (broad SMARTS) is 1. The number of hydrogen-bond acceptors (Lipinski definition) is 9. The summed E-state index contributed by atoms with van der Waals surface area (Å²) in [5.41, 5.74) is -0.627. The van der Waals surface area contributed by atoms with Gasteiger partial charge in [0.25, 0.3) is 6.47 Å². The van der Waals surface area contributed by atoms with E-state index in [9.17, 15) is 19.9 Å². The number of rotatable bonds is 4. The van der Waals surface area contributed by atoms with Crippen LogP contribution in [0.2, 0.25) is 0 Å². The number of aliphatic hydroxyl groups is 3. The van der Waals surface area contributed by atoms with Gasteiger partial charge >= 0.3 is 0 Å². The summed E-state index contributed by atoms with van der Waals surface area (Å²) < 4.78 is 21.4. The van der Waals surface area contributed by atoms with E-state index in [0.29, 0.717) is 12.3 Å². The van der Waals surface area contributed by atoms with Gasteiger partial charge < -0.3 is 34.6 Å². The van der Waals surface area contributed by atoms with Crippen molar-refractivity contribution < 1.29 is 34.5 Å². The number of carbonyl (C=O) groups is 1. The Balaban J connectivity index is 0.00000114. The second kappa shape index (κ2) is 12.9. The fourth-order valence-electron chi connectivity index (χ4n) is 4.01. The molecule has 11 heteroatoms. The summed E-state index contributed by atoms with van der Waals surface area (Å²) in [4.78, 5) is 10.8. The Labute approximate surface area is 197 Å². The lowest BCUT2D eigenvalue weighted by atomic mass is 9.93. The molecule has 3 rings (SSSR count). The van der Waals surface area contributed by atoms with Gasteiger partial charge in [-0.3, -0.25) is 4.79 Å². The molecule has 0 radical (unpaired) electrons. The third-order valence-corrected chi connectivity index (χ3v) is 8.75. The van der Waals surface area contributed by atoms with Gasteiger partial charge in [-0.2, -0.15) is 0 Å². The Morgan fingerprint density at radius 2 is 1.84 bits per heavy atom. The van der Waals surface area contributed by atoms with Gasteiger partial charge in [0.15, 0.2) is 0 Å². The largest absolute Gasteiger partial charge is 0.598 e. The van der Waals surface area contributed by atoms with E-state index in [1.54, 1.807) is 0 Å². The standard InChI is InChI=1S/C20H36N2O5S2.CH2O2/c1-20(2,3)29(26)21-14-8-6-7-13(11-22-9-4-5-10-22)12-28-19-17(25)15(23)16(24)18(14)27-19;2-1-3/h6-7,13-19,21,23-25H,4-5,8-12H2,1-3H3;1H,(H,2,3)/b7-6-;/t13-,14+,15-,16+,17+,18+,19+,29+;/m0./s1. The van der Waals surface area contributed by atoms with Gasteiger partial charge in [0.05, 0.1) is 6.04 Å². The number of nitrogens with one attached hydrogen (secondary N) is 1. The van der Waals surface area contributed by atoms with Crippen molar-refractivity contribution in [2.45, 2.75) is 80.7 Å². The molecule has 0 aromatic heterocycles. The lowest BCUT2D eigenvalue weighted by Crippen LogP contribution is -2.63. The minimum atomic E-state index is -1.35. The molecule has 3 aliphatic rings. The van der Waals surface area contributed by atoms with Gasteiger partial charge in [-0.1, -0.05) is 12.2 Å². The van der Waals surface area contributed by atoms with Crippen molar-refractivity contribution in [3.05, 3.63) is 12.2 Å². The fraction of sp³-hybridized carbons (Fsp3) is 0.857. The molecule has 0 amide bonds. The molecule has 32 heavy (non-hydrogen) atoms. The molecule has 0 aliphatic carbocycles. The Bertz CT molecular complexity index is 601. The smallest absolute Gasteiger partial charge is 0.290 e. The van der Waals surface area contributed by atoms with Crippen molar-refractivity contribution in [1.29, 1.82) is 0 Å². The Kier molecular flexibility index (Phi) is 11.2. The van der Waals surface area contributed by atoms with Crippen LogP contribution >= 0.6 is 11.8 Å². The van der Waals surface area contributed by atoms with Gasteiger partial charge in [0.1, 0.15) is 34.6 Å². The van der Waals surface area contributed by atoms with E-state index in [1.807, 2.05) is 20.8 Å². The van der Waals surface area contributed by atoms with Gasteiger partial charge in [-0.05, 0) is 59.0 Å². The molecule has 2 fully saturated rings. The van der Waals surface area contributed by atoms with Gasteiger partial charge in [-0.25, -0.2) is 0 Å². The molecule has 0 spiro atoms. The molecule has 3 heterocycles. The number of ether oxygens (including phenoxy) is 1. The summed E-state index contributed by atoms with van der Waals surface area (Å²) in [7, 11) is 0. The molecule has 0 saturated carbocycles. The zero-order chi connectivity index (χ0) is 23.9. The average Bonchev–Trinajstić information content (AvgIpc) is 3.23. The lowest BCUT2D eigenvalue weighted by molar-refractivity contribution is -0.203. The highest BCUT2D eigenvalue weighted by Crippen LogP contribution is 2.33. The number of aliphatic hydroxyl groups excluding tert-OH is 3. The van der Waals surface area contributed by atoms with Crippen LogP contribution in [0.3, 0.4) is 0 Å². The van der Waals surface area contributed by atoms with Crippen LogP contribution in [-0.4, -0.2) is 102 Å². The van der Waals surface area contributed by atoms with Crippen LogP contribution in [0.25, 0.3) is 0 Å². The summed E-state index contributed by atoms with van der Waals surface area (Å²) in [5.74, 6) is 1.08. The fourth-order valence-corrected chi connectivity index (χ4v) is 6.09. The highest BCUT2D eigenvalue weighted by Gasteiger charge is 2.48. The second-order valence-corrected chi connectivity index (χ2v) is 12.5. The van der Waals surface area contributed by atoms with E-state index in [2.05, 4.69) is 21.8 Å². The SMILES string of the molecule is CC(C)(C)[S@@+]([O-])N[C@@H]1C/C=C\[C@@H](CN2CCCC2)CS[C@H]2O[C@H]1[C@H](O)[C@H](O)[C@H]2O.O=CO. The predicted molar refractivity (Wildman–Crippen MR) is 126 cm³/mol. The maximum absolute atomic E-state index is 12.7. The van der Waals surface area contributed by atoms with Crippen molar-refractivity contribution in [1.82, 2.24) is 9.62 Å². The molecule has 5 N–H and O–H groups in total. The first-order chi connectivity index (χ1) is 15.1. The van der Waals surface area contributed by atoms with Crippen molar-refractivity contribution in [3.63, 3.8) is 0 Å². The van der Waals surface area contributed by atoms with E-state index in [1.165, 1.54) is 24.6 Å². The predicted octanol–water partition coefficient (Wildman–Crippen LogP) is 0.320. The highest BCUT2D eigenvalue weighted by atomic mass is 32.2.